The lowest BCUT2D eigenvalue weighted by Gasteiger charge is -2.30. The Hall–Kier alpha value is -1.83. The van der Waals surface area contributed by atoms with Crippen LogP contribution in [0.5, 0.6) is 0 Å². The van der Waals surface area contributed by atoms with E-state index in [0.717, 1.165) is 19.3 Å². The molecule has 2 aromatic rings. The summed E-state index contributed by atoms with van der Waals surface area (Å²) in [6.07, 6.45) is 4.04. The van der Waals surface area contributed by atoms with Crippen molar-refractivity contribution in [1.29, 1.82) is 0 Å². The van der Waals surface area contributed by atoms with Gasteiger partial charge in [-0.05, 0) is 43.5 Å². The Bertz CT molecular complexity index is 862. The maximum atomic E-state index is 12.9. The lowest BCUT2D eigenvalue weighted by molar-refractivity contribution is -0.115. The van der Waals surface area contributed by atoms with Crippen molar-refractivity contribution in [3.05, 3.63) is 45.8 Å². The van der Waals surface area contributed by atoms with E-state index in [2.05, 4.69) is 5.10 Å². The van der Waals surface area contributed by atoms with Gasteiger partial charge in [0, 0.05) is 17.3 Å². The quantitative estimate of drug-likeness (QED) is 0.802. The zero-order valence-corrected chi connectivity index (χ0v) is 14.9. The van der Waals surface area contributed by atoms with Gasteiger partial charge in [-0.2, -0.15) is 9.78 Å². The third kappa shape index (κ3) is 3.07. The molecule has 1 amide bonds. The van der Waals surface area contributed by atoms with Gasteiger partial charge < -0.3 is 4.74 Å². The first kappa shape index (κ1) is 16.6. The molecule has 1 saturated heterocycles. The number of rotatable bonds is 2. The number of halogens is 1. The smallest absolute Gasteiger partial charge is 0.285 e. The van der Waals surface area contributed by atoms with E-state index in [1.807, 2.05) is 0 Å². The zero-order valence-electron chi connectivity index (χ0n) is 13.4. The van der Waals surface area contributed by atoms with Crippen LogP contribution in [0.3, 0.4) is 0 Å². The highest BCUT2D eigenvalue weighted by atomic mass is 35.5. The van der Waals surface area contributed by atoms with E-state index in [1.165, 1.54) is 21.3 Å². The molecule has 130 valence electrons. The number of anilines is 2. The third-order valence-electron chi connectivity index (χ3n) is 4.28. The molecule has 0 spiro atoms. The molecule has 2 aliphatic heterocycles. The number of ether oxygens (including phenoxy) is 1. The van der Waals surface area contributed by atoms with Crippen LogP contribution in [0.25, 0.3) is 0 Å². The van der Waals surface area contributed by atoms with Gasteiger partial charge in [-0.15, -0.1) is 11.8 Å². The molecule has 0 saturated carbocycles. The number of fused-ring (bicyclic) bond motifs is 1. The van der Waals surface area contributed by atoms with Gasteiger partial charge in [0.2, 0.25) is 5.91 Å². The molecule has 0 bridgehead atoms. The van der Waals surface area contributed by atoms with Crippen molar-refractivity contribution in [2.75, 3.05) is 17.3 Å². The second kappa shape index (κ2) is 6.82. The molecule has 25 heavy (non-hydrogen) atoms. The van der Waals surface area contributed by atoms with Gasteiger partial charge in [-0.25, -0.2) is 0 Å². The van der Waals surface area contributed by atoms with Crippen LogP contribution in [0.15, 0.2) is 40.2 Å². The van der Waals surface area contributed by atoms with Crippen LogP contribution in [0.4, 0.5) is 11.4 Å². The molecule has 1 unspecified atom stereocenters. The van der Waals surface area contributed by atoms with Gasteiger partial charge in [0.15, 0.2) is 6.23 Å². The topological polar surface area (TPSA) is 64.4 Å². The zero-order chi connectivity index (χ0) is 17.4. The van der Waals surface area contributed by atoms with Crippen LogP contribution < -0.4 is 10.5 Å². The molecule has 1 atom stereocenters. The summed E-state index contributed by atoms with van der Waals surface area (Å²) in [5.41, 5.74) is 0.977. The van der Waals surface area contributed by atoms with E-state index < -0.39 is 0 Å². The molecular formula is C17H16ClN3O3S. The van der Waals surface area contributed by atoms with Gasteiger partial charge in [0.25, 0.3) is 5.56 Å². The minimum atomic E-state index is -0.325. The number of carbonyl (C=O) groups is 1. The number of benzene rings is 1. The van der Waals surface area contributed by atoms with E-state index in [-0.39, 0.29) is 23.4 Å². The Kier molecular flexibility index (Phi) is 4.54. The molecule has 1 aromatic heterocycles. The Morgan fingerprint density at radius 3 is 2.72 bits per heavy atom. The van der Waals surface area contributed by atoms with Gasteiger partial charge in [-0.1, -0.05) is 11.6 Å². The number of thioether (sulfide) groups is 1. The number of hydrogen-bond acceptors (Lipinski definition) is 5. The van der Waals surface area contributed by atoms with Crippen molar-refractivity contribution >= 4 is 40.6 Å². The van der Waals surface area contributed by atoms with Crippen molar-refractivity contribution in [2.45, 2.75) is 30.4 Å². The van der Waals surface area contributed by atoms with Crippen molar-refractivity contribution < 1.29 is 9.53 Å². The summed E-state index contributed by atoms with van der Waals surface area (Å²) in [4.78, 5) is 27.4. The van der Waals surface area contributed by atoms with Crippen molar-refractivity contribution in [3.8, 4) is 0 Å². The predicted molar refractivity (Wildman–Crippen MR) is 96.7 cm³/mol. The third-order valence-corrected chi connectivity index (χ3v) is 5.60. The van der Waals surface area contributed by atoms with E-state index in [9.17, 15) is 9.59 Å². The minimum absolute atomic E-state index is 0.0901. The molecule has 0 aliphatic carbocycles. The minimum Gasteiger partial charge on any atom is -0.356 e. The predicted octanol–water partition coefficient (Wildman–Crippen LogP) is 3.37. The van der Waals surface area contributed by atoms with E-state index in [1.54, 1.807) is 30.5 Å². The monoisotopic (exact) mass is 377 g/mol. The molecule has 4 rings (SSSR count). The highest BCUT2D eigenvalue weighted by Crippen LogP contribution is 2.37. The van der Waals surface area contributed by atoms with Crippen LogP contribution >= 0.6 is 23.4 Å². The van der Waals surface area contributed by atoms with E-state index >= 15 is 0 Å². The van der Waals surface area contributed by atoms with Crippen LogP contribution in [-0.4, -0.2) is 28.0 Å². The first-order chi connectivity index (χ1) is 12.1. The second-order valence-electron chi connectivity index (χ2n) is 5.92. The lowest BCUT2D eigenvalue weighted by atomic mass is 10.2. The van der Waals surface area contributed by atoms with E-state index in [0.29, 0.717) is 27.9 Å². The molecule has 6 nitrogen and oxygen atoms in total. The SMILES string of the molecule is O=C1CSc2c(cnn(C3CCCCO3)c2=O)N1c1ccc(Cl)cc1. The summed E-state index contributed by atoms with van der Waals surface area (Å²) < 4.78 is 7.08. The Morgan fingerprint density at radius 2 is 2.00 bits per heavy atom. The summed E-state index contributed by atoms with van der Waals surface area (Å²) in [5.74, 6) is 0.119. The summed E-state index contributed by atoms with van der Waals surface area (Å²) >= 11 is 7.19. The number of aromatic nitrogens is 2. The lowest BCUT2D eigenvalue weighted by Crippen LogP contribution is -2.38. The fraction of sp³-hybridized carbons (Fsp3) is 0.353. The summed E-state index contributed by atoms with van der Waals surface area (Å²) in [6, 6.07) is 6.96. The molecule has 0 N–H and O–H groups in total. The highest BCUT2D eigenvalue weighted by molar-refractivity contribution is 8.00. The number of carbonyl (C=O) groups excluding carboxylic acids is 1. The van der Waals surface area contributed by atoms with Gasteiger partial charge in [-0.3, -0.25) is 14.5 Å². The molecule has 2 aliphatic rings. The molecule has 1 aromatic carbocycles. The number of hydrogen-bond donors (Lipinski definition) is 0. The molecule has 1 fully saturated rings. The van der Waals surface area contributed by atoms with Crippen LogP contribution in [-0.2, 0) is 9.53 Å². The van der Waals surface area contributed by atoms with Crippen molar-refractivity contribution in [3.63, 3.8) is 0 Å². The van der Waals surface area contributed by atoms with Gasteiger partial charge in [0.05, 0.1) is 17.6 Å². The molecule has 3 heterocycles. The van der Waals surface area contributed by atoms with Crippen LogP contribution in [0.1, 0.15) is 25.5 Å². The van der Waals surface area contributed by atoms with Crippen LogP contribution in [0, 0.1) is 0 Å². The molecule has 8 heteroatoms. The molecule has 0 radical (unpaired) electrons. The fourth-order valence-corrected chi connectivity index (χ4v) is 4.10. The van der Waals surface area contributed by atoms with E-state index in [4.69, 9.17) is 16.3 Å². The van der Waals surface area contributed by atoms with Crippen molar-refractivity contribution in [2.24, 2.45) is 0 Å². The Balaban J connectivity index is 1.77. The molecular weight excluding hydrogens is 362 g/mol. The number of amides is 1. The first-order valence-corrected chi connectivity index (χ1v) is 9.46. The average Bonchev–Trinajstić information content (AvgIpc) is 2.64. The highest BCUT2D eigenvalue weighted by Gasteiger charge is 2.31. The first-order valence-electron chi connectivity index (χ1n) is 8.10. The maximum absolute atomic E-state index is 12.9. The Morgan fingerprint density at radius 1 is 1.20 bits per heavy atom. The fourth-order valence-electron chi connectivity index (χ4n) is 3.06. The van der Waals surface area contributed by atoms with Crippen LogP contribution in [0.2, 0.25) is 5.02 Å². The van der Waals surface area contributed by atoms with Crippen molar-refractivity contribution in [1.82, 2.24) is 9.78 Å². The maximum Gasteiger partial charge on any atom is 0.285 e. The summed E-state index contributed by atoms with van der Waals surface area (Å²) in [5, 5.41) is 4.88. The summed E-state index contributed by atoms with van der Waals surface area (Å²) in [6.45, 7) is 0.637. The average molecular weight is 378 g/mol. The normalized spacial score (nSPS) is 20.4. The van der Waals surface area contributed by atoms with Gasteiger partial charge >= 0.3 is 0 Å². The summed E-state index contributed by atoms with van der Waals surface area (Å²) in [7, 11) is 0. The standard InChI is InChI=1S/C17H16ClN3O3S/c18-11-4-6-12(7-5-11)20-13-9-19-21(15-3-1-2-8-24-15)17(23)16(13)25-10-14(20)22/h4-7,9,15H,1-3,8,10H2. The number of nitrogens with zero attached hydrogens (tertiary/aromatic N) is 3. The van der Waals surface area contributed by atoms with Gasteiger partial charge in [0.1, 0.15) is 4.90 Å². The largest absolute Gasteiger partial charge is 0.356 e. The Labute approximate surface area is 153 Å². The second-order valence-corrected chi connectivity index (χ2v) is 7.35.